The highest BCUT2D eigenvalue weighted by Gasteiger charge is 2.07. The summed E-state index contributed by atoms with van der Waals surface area (Å²) in [4.78, 5) is 7.49. The smallest absolute Gasteiger partial charge is 0.137 e. The Morgan fingerprint density at radius 1 is 1.27 bits per heavy atom. The lowest BCUT2D eigenvalue weighted by molar-refractivity contribution is 1.04. The van der Waals surface area contributed by atoms with E-state index in [1.807, 2.05) is 18.5 Å². The van der Waals surface area contributed by atoms with Crippen LogP contribution in [0.1, 0.15) is 18.4 Å². The molecule has 2 aromatic rings. The van der Waals surface area contributed by atoms with Gasteiger partial charge in [-0.25, -0.2) is 4.98 Å². The summed E-state index contributed by atoms with van der Waals surface area (Å²) in [6.45, 7) is 0. The van der Waals surface area contributed by atoms with Crippen LogP contribution in [0, 0.1) is 0 Å². The van der Waals surface area contributed by atoms with Gasteiger partial charge < -0.3 is 4.98 Å². The van der Waals surface area contributed by atoms with Crippen molar-refractivity contribution in [3.63, 3.8) is 0 Å². The van der Waals surface area contributed by atoms with Crippen LogP contribution in [0.15, 0.2) is 42.8 Å². The maximum absolute atomic E-state index is 4.29. The predicted molar refractivity (Wildman–Crippen MR) is 62.4 cm³/mol. The van der Waals surface area contributed by atoms with E-state index in [9.17, 15) is 0 Å². The van der Waals surface area contributed by atoms with Crippen molar-refractivity contribution in [3.8, 4) is 0 Å². The van der Waals surface area contributed by atoms with E-state index < -0.39 is 0 Å². The van der Waals surface area contributed by atoms with Crippen LogP contribution in [0.3, 0.4) is 0 Å². The third-order valence-corrected chi connectivity index (χ3v) is 2.76. The Balaban J connectivity index is 2.19. The largest absolute Gasteiger partial charge is 0.346 e. The number of hydrogen-bond donors (Lipinski definition) is 1. The van der Waals surface area contributed by atoms with Gasteiger partial charge in [-0.15, -0.1) is 0 Å². The molecule has 0 saturated heterocycles. The number of nitrogens with one attached hydrogen (secondary N) is 1. The molecule has 3 rings (SSSR count). The first kappa shape index (κ1) is 8.48. The molecule has 15 heavy (non-hydrogen) atoms. The van der Waals surface area contributed by atoms with E-state index in [0.717, 1.165) is 18.5 Å². The molecule has 2 aromatic heterocycles. The molecule has 0 bridgehead atoms. The third kappa shape index (κ3) is 1.38. The zero-order valence-corrected chi connectivity index (χ0v) is 8.40. The summed E-state index contributed by atoms with van der Waals surface area (Å²) in [6.07, 6.45) is 12.9. The van der Waals surface area contributed by atoms with Crippen LogP contribution in [0.2, 0.25) is 0 Å². The Bertz CT molecular complexity index is 546. The minimum absolute atomic E-state index is 0.965. The number of pyridine rings is 1. The minimum atomic E-state index is 0.965. The third-order valence-electron chi connectivity index (χ3n) is 2.76. The summed E-state index contributed by atoms with van der Waals surface area (Å²) in [7, 11) is 0. The van der Waals surface area contributed by atoms with Crippen LogP contribution in [-0.2, 0) is 0 Å². The molecule has 74 valence electrons. The zero-order chi connectivity index (χ0) is 10.1. The van der Waals surface area contributed by atoms with Crippen molar-refractivity contribution in [1.29, 1.82) is 0 Å². The summed E-state index contributed by atoms with van der Waals surface area (Å²) in [5.41, 5.74) is 3.53. The van der Waals surface area contributed by atoms with Gasteiger partial charge in [-0.05, 0) is 30.5 Å². The topological polar surface area (TPSA) is 28.7 Å². The number of allylic oxidation sites excluding steroid dienone is 4. The van der Waals surface area contributed by atoms with Gasteiger partial charge >= 0.3 is 0 Å². The van der Waals surface area contributed by atoms with E-state index in [1.165, 1.54) is 16.5 Å². The number of aromatic amines is 1. The summed E-state index contributed by atoms with van der Waals surface area (Å²) >= 11 is 0. The van der Waals surface area contributed by atoms with Crippen molar-refractivity contribution < 1.29 is 0 Å². The molecule has 2 heterocycles. The summed E-state index contributed by atoms with van der Waals surface area (Å²) in [6, 6.07) is 4.09. The molecule has 2 nitrogen and oxygen atoms in total. The molecule has 0 unspecified atom stereocenters. The fourth-order valence-electron chi connectivity index (χ4n) is 2.01. The Morgan fingerprint density at radius 2 is 2.27 bits per heavy atom. The van der Waals surface area contributed by atoms with Gasteiger partial charge in [-0.3, -0.25) is 0 Å². The van der Waals surface area contributed by atoms with E-state index in [-0.39, 0.29) is 0 Å². The number of H-pyrrole nitrogens is 1. The van der Waals surface area contributed by atoms with Crippen molar-refractivity contribution in [3.05, 3.63) is 48.3 Å². The molecule has 0 aliphatic heterocycles. The van der Waals surface area contributed by atoms with Crippen LogP contribution in [0.5, 0.6) is 0 Å². The fourth-order valence-corrected chi connectivity index (χ4v) is 2.01. The van der Waals surface area contributed by atoms with Crippen LogP contribution >= 0.6 is 0 Å². The molecule has 0 radical (unpaired) electrons. The predicted octanol–water partition coefficient (Wildman–Crippen LogP) is 3.30. The number of fused-ring (bicyclic) bond motifs is 1. The number of hydrogen-bond acceptors (Lipinski definition) is 1. The summed E-state index contributed by atoms with van der Waals surface area (Å²) in [5, 5.41) is 1.20. The number of nitrogens with zero attached hydrogens (tertiary/aromatic N) is 1. The Morgan fingerprint density at radius 3 is 3.13 bits per heavy atom. The van der Waals surface area contributed by atoms with Crippen molar-refractivity contribution >= 4 is 16.6 Å². The molecule has 0 atom stereocenters. The van der Waals surface area contributed by atoms with Gasteiger partial charge in [0, 0.05) is 23.3 Å². The minimum Gasteiger partial charge on any atom is -0.346 e. The van der Waals surface area contributed by atoms with Crippen LogP contribution in [0.4, 0.5) is 0 Å². The molecule has 0 spiro atoms. The zero-order valence-electron chi connectivity index (χ0n) is 8.40. The van der Waals surface area contributed by atoms with E-state index in [0.29, 0.717) is 0 Å². The lowest BCUT2D eigenvalue weighted by Gasteiger charge is -2.04. The van der Waals surface area contributed by atoms with Crippen molar-refractivity contribution in [2.75, 3.05) is 0 Å². The summed E-state index contributed by atoms with van der Waals surface area (Å²) in [5.74, 6) is 0. The van der Waals surface area contributed by atoms with Gasteiger partial charge in [-0.2, -0.15) is 0 Å². The van der Waals surface area contributed by atoms with Crippen molar-refractivity contribution in [2.24, 2.45) is 0 Å². The lowest BCUT2D eigenvalue weighted by Crippen LogP contribution is -1.84. The highest BCUT2D eigenvalue weighted by atomic mass is 14.8. The summed E-state index contributed by atoms with van der Waals surface area (Å²) < 4.78 is 0. The van der Waals surface area contributed by atoms with E-state index in [4.69, 9.17) is 0 Å². The first-order chi connectivity index (χ1) is 7.45. The van der Waals surface area contributed by atoms with Gasteiger partial charge in [0.2, 0.25) is 0 Å². The number of rotatable bonds is 1. The van der Waals surface area contributed by atoms with E-state index in [1.54, 1.807) is 0 Å². The van der Waals surface area contributed by atoms with Crippen molar-refractivity contribution in [1.82, 2.24) is 9.97 Å². The SMILES string of the molecule is C1=CC(c2c[nH]c3ncccc23)=CCC1. The Hall–Kier alpha value is -1.83. The molecule has 1 aliphatic carbocycles. The monoisotopic (exact) mass is 196 g/mol. The van der Waals surface area contributed by atoms with E-state index in [2.05, 4.69) is 34.3 Å². The van der Waals surface area contributed by atoms with Gasteiger partial charge in [0.1, 0.15) is 5.65 Å². The first-order valence-corrected chi connectivity index (χ1v) is 5.24. The van der Waals surface area contributed by atoms with Crippen LogP contribution in [0.25, 0.3) is 16.6 Å². The average molecular weight is 196 g/mol. The second-order valence-electron chi connectivity index (χ2n) is 3.74. The van der Waals surface area contributed by atoms with Gasteiger partial charge in [0.25, 0.3) is 0 Å². The molecular formula is C13H12N2. The molecule has 2 heteroatoms. The fraction of sp³-hybridized carbons (Fsp3) is 0.154. The maximum Gasteiger partial charge on any atom is 0.137 e. The molecular weight excluding hydrogens is 184 g/mol. The Kier molecular flexibility index (Phi) is 1.91. The molecule has 0 saturated carbocycles. The molecule has 0 fully saturated rings. The van der Waals surface area contributed by atoms with E-state index >= 15 is 0 Å². The van der Waals surface area contributed by atoms with Gasteiger partial charge in [0.05, 0.1) is 0 Å². The lowest BCUT2D eigenvalue weighted by atomic mass is 10.00. The average Bonchev–Trinajstić information content (AvgIpc) is 2.74. The van der Waals surface area contributed by atoms with Gasteiger partial charge in [0.15, 0.2) is 0 Å². The quantitative estimate of drug-likeness (QED) is 0.744. The first-order valence-electron chi connectivity index (χ1n) is 5.24. The molecule has 0 amide bonds. The van der Waals surface area contributed by atoms with Crippen LogP contribution < -0.4 is 0 Å². The number of aromatic nitrogens is 2. The van der Waals surface area contributed by atoms with Crippen LogP contribution in [-0.4, -0.2) is 9.97 Å². The standard InChI is InChI=1S/C13H12N2/c1-2-5-10(6-3-1)12-9-15-13-11(12)7-4-8-14-13/h2,4-9H,1,3H2,(H,14,15). The molecule has 1 N–H and O–H groups in total. The Labute approximate surface area is 88.3 Å². The second-order valence-corrected chi connectivity index (χ2v) is 3.74. The molecule has 1 aliphatic rings. The molecule has 0 aromatic carbocycles. The highest BCUT2D eigenvalue weighted by molar-refractivity contribution is 5.93. The normalized spacial score (nSPS) is 15.6. The van der Waals surface area contributed by atoms with Crippen molar-refractivity contribution in [2.45, 2.75) is 12.8 Å². The maximum atomic E-state index is 4.29. The van der Waals surface area contributed by atoms with Gasteiger partial charge in [-0.1, -0.05) is 18.2 Å². The highest BCUT2D eigenvalue weighted by Crippen LogP contribution is 2.27. The second kappa shape index (κ2) is 3.39.